The number of nitrogens with zero attached hydrogens (tertiary/aromatic N) is 2. The molecule has 0 fully saturated rings. The Labute approximate surface area is 112 Å². The lowest BCUT2D eigenvalue weighted by molar-refractivity contribution is 0.852. The zero-order chi connectivity index (χ0) is 13.2. The molecule has 1 aromatic carbocycles. The van der Waals surface area contributed by atoms with E-state index in [4.69, 9.17) is 5.73 Å². The summed E-state index contributed by atoms with van der Waals surface area (Å²) < 4.78 is 2.16. The van der Waals surface area contributed by atoms with E-state index in [1.165, 1.54) is 11.1 Å². The summed E-state index contributed by atoms with van der Waals surface area (Å²) in [5.41, 5.74) is 10.3. The molecule has 0 saturated heterocycles. The van der Waals surface area contributed by atoms with Crippen LogP contribution in [0.1, 0.15) is 17.1 Å². The summed E-state index contributed by atoms with van der Waals surface area (Å²) in [7, 11) is 0. The standard InChI is InChI=1S/C16H17N3/c1-12-15-8-4-5-11-19(15)16(18-12)10-9-13-6-2-3-7-14(13)17/h2-8,11H,9-10,17H2,1H3. The topological polar surface area (TPSA) is 43.3 Å². The first-order valence-corrected chi connectivity index (χ1v) is 6.51. The van der Waals surface area contributed by atoms with Crippen LogP contribution in [0.15, 0.2) is 48.7 Å². The average molecular weight is 251 g/mol. The van der Waals surface area contributed by atoms with Crippen molar-refractivity contribution in [2.75, 3.05) is 5.73 Å². The van der Waals surface area contributed by atoms with Crippen LogP contribution in [0.2, 0.25) is 0 Å². The summed E-state index contributed by atoms with van der Waals surface area (Å²) in [4.78, 5) is 4.66. The number of para-hydroxylation sites is 1. The summed E-state index contributed by atoms with van der Waals surface area (Å²) in [6.07, 6.45) is 3.88. The molecule has 0 aliphatic rings. The third kappa shape index (κ3) is 2.19. The highest BCUT2D eigenvalue weighted by Gasteiger charge is 2.07. The van der Waals surface area contributed by atoms with Crippen molar-refractivity contribution in [1.29, 1.82) is 0 Å². The number of nitrogens with two attached hydrogens (primary N) is 1. The van der Waals surface area contributed by atoms with Crippen molar-refractivity contribution in [1.82, 2.24) is 9.38 Å². The number of imidazole rings is 1. The van der Waals surface area contributed by atoms with E-state index in [0.717, 1.165) is 30.0 Å². The fourth-order valence-electron chi connectivity index (χ4n) is 2.45. The molecule has 2 aromatic heterocycles. The van der Waals surface area contributed by atoms with Gasteiger partial charge < -0.3 is 10.1 Å². The number of fused-ring (bicyclic) bond motifs is 1. The first-order chi connectivity index (χ1) is 9.25. The highest BCUT2D eigenvalue weighted by molar-refractivity contribution is 5.52. The van der Waals surface area contributed by atoms with Crippen molar-refractivity contribution in [2.24, 2.45) is 0 Å². The molecule has 0 aliphatic heterocycles. The van der Waals surface area contributed by atoms with Gasteiger partial charge in [-0.15, -0.1) is 0 Å². The van der Waals surface area contributed by atoms with E-state index in [0.29, 0.717) is 0 Å². The Balaban J connectivity index is 1.88. The summed E-state index contributed by atoms with van der Waals surface area (Å²) in [5, 5.41) is 0. The van der Waals surface area contributed by atoms with Crippen molar-refractivity contribution >= 4 is 11.2 Å². The van der Waals surface area contributed by atoms with Gasteiger partial charge in [0.15, 0.2) is 0 Å². The fourth-order valence-corrected chi connectivity index (χ4v) is 2.45. The van der Waals surface area contributed by atoms with Gasteiger partial charge in [-0.25, -0.2) is 4.98 Å². The molecular weight excluding hydrogens is 234 g/mol. The van der Waals surface area contributed by atoms with Gasteiger partial charge in [-0.3, -0.25) is 0 Å². The van der Waals surface area contributed by atoms with Crippen LogP contribution in [-0.4, -0.2) is 9.38 Å². The molecule has 0 radical (unpaired) electrons. The van der Waals surface area contributed by atoms with Crippen LogP contribution in [0, 0.1) is 6.92 Å². The maximum atomic E-state index is 5.98. The van der Waals surface area contributed by atoms with Gasteiger partial charge >= 0.3 is 0 Å². The van der Waals surface area contributed by atoms with Gasteiger partial charge in [-0.1, -0.05) is 24.3 Å². The van der Waals surface area contributed by atoms with Crippen LogP contribution in [-0.2, 0) is 12.8 Å². The van der Waals surface area contributed by atoms with E-state index in [2.05, 4.69) is 34.6 Å². The maximum absolute atomic E-state index is 5.98. The molecule has 0 saturated carbocycles. The van der Waals surface area contributed by atoms with Crippen molar-refractivity contribution in [2.45, 2.75) is 19.8 Å². The van der Waals surface area contributed by atoms with Crippen LogP contribution in [0.5, 0.6) is 0 Å². The predicted octanol–water partition coefficient (Wildman–Crippen LogP) is 3.01. The summed E-state index contributed by atoms with van der Waals surface area (Å²) in [6.45, 7) is 2.05. The summed E-state index contributed by atoms with van der Waals surface area (Å²) >= 11 is 0. The Kier molecular flexibility index (Phi) is 2.95. The lowest BCUT2D eigenvalue weighted by atomic mass is 10.1. The zero-order valence-electron chi connectivity index (χ0n) is 11.0. The van der Waals surface area contributed by atoms with Crippen molar-refractivity contribution < 1.29 is 0 Å². The van der Waals surface area contributed by atoms with E-state index in [1.807, 2.05) is 30.3 Å². The monoisotopic (exact) mass is 251 g/mol. The SMILES string of the molecule is Cc1nc(CCc2ccccc2N)n2ccccc12. The lowest BCUT2D eigenvalue weighted by Gasteiger charge is -2.04. The van der Waals surface area contributed by atoms with Crippen LogP contribution >= 0.6 is 0 Å². The highest BCUT2D eigenvalue weighted by Crippen LogP contribution is 2.16. The number of hydrogen-bond acceptors (Lipinski definition) is 2. The molecule has 3 nitrogen and oxygen atoms in total. The first-order valence-electron chi connectivity index (χ1n) is 6.51. The van der Waals surface area contributed by atoms with E-state index < -0.39 is 0 Å². The molecule has 0 unspecified atom stereocenters. The first kappa shape index (κ1) is 11.8. The Morgan fingerprint density at radius 3 is 2.68 bits per heavy atom. The maximum Gasteiger partial charge on any atom is 0.113 e. The minimum Gasteiger partial charge on any atom is -0.399 e. The van der Waals surface area contributed by atoms with Crippen LogP contribution in [0.25, 0.3) is 5.52 Å². The zero-order valence-corrected chi connectivity index (χ0v) is 11.0. The number of pyridine rings is 1. The summed E-state index contributed by atoms with van der Waals surface area (Å²) in [6, 6.07) is 14.2. The molecule has 0 amide bonds. The number of aryl methyl sites for hydroxylation is 3. The Hall–Kier alpha value is -2.29. The Morgan fingerprint density at radius 2 is 1.84 bits per heavy atom. The molecule has 0 bridgehead atoms. The van der Waals surface area contributed by atoms with Gasteiger partial charge in [-0.05, 0) is 37.1 Å². The number of nitrogen functional groups attached to an aromatic ring is 1. The third-order valence-corrected chi connectivity index (χ3v) is 3.48. The van der Waals surface area contributed by atoms with Gasteiger partial charge in [0, 0.05) is 18.3 Å². The van der Waals surface area contributed by atoms with Crippen molar-refractivity contribution in [3.05, 3.63) is 65.7 Å². The van der Waals surface area contributed by atoms with Gasteiger partial charge in [0.1, 0.15) is 5.82 Å². The molecule has 0 aliphatic carbocycles. The van der Waals surface area contributed by atoms with E-state index >= 15 is 0 Å². The van der Waals surface area contributed by atoms with Gasteiger partial charge in [0.25, 0.3) is 0 Å². The molecule has 0 spiro atoms. The lowest BCUT2D eigenvalue weighted by Crippen LogP contribution is -2.00. The minimum absolute atomic E-state index is 0.861. The quantitative estimate of drug-likeness (QED) is 0.727. The van der Waals surface area contributed by atoms with Gasteiger partial charge in [0.2, 0.25) is 0 Å². The van der Waals surface area contributed by atoms with Crippen molar-refractivity contribution in [3.8, 4) is 0 Å². The second-order valence-corrected chi connectivity index (χ2v) is 4.77. The van der Waals surface area contributed by atoms with E-state index in [-0.39, 0.29) is 0 Å². The summed E-state index contributed by atoms with van der Waals surface area (Å²) in [5.74, 6) is 1.09. The molecule has 19 heavy (non-hydrogen) atoms. The molecule has 2 heterocycles. The highest BCUT2D eigenvalue weighted by atomic mass is 15.0. The molecule has 3 aromatic rings. The average Bonchev–Trinajstić information content (AvgIpc) is 2.75. The predicted molar refractivity (Wildman–Crippen MR) is 78.2 cm³/mol. The number of anilines is 1. The largest absolute Gasteiger partial charge is 0.399 e. The molecule has 96 valence electrons. The molecule has 3 heteroatoms. The normalized spacial score (nSPS) is 11.0. The number of aromatic nitrogens is 2. The molecule has 2 N–H and O–H groups in total. The smallest absolute Gasteiger partial charge is 0.113 e. The fraction of sp³-hybridized carbons (Fsp3) is 0.188. The molecular formula is C16H17N3. The Morgan fingerprint density at radius 1 is 1.05 bits per heavy atom. The van der Waals surface area contributed by atoms with Crippen LogP contribution in [0.3, 0.4) is 0 Å². The number of rotatable bonds is 3. The number of hydrogen-bond donors (Lipinski definition) is 1. The third-order valence-electron chi connectivity index (χ3n) is 3.48. The van der Waals surface area contributed by atoms with E-state index in [1.54, 1.807) is 0 Å². The second-order valence-electron chi connectivity index (χ2n) is 4.77. The minimum atomic E-state index is 0.861. The number of benzene rings is 1. The Bertz CT molecular complexity index is 713. The van der Waals surface area contributed by atoms with Crippen molar-refractivity contribution in [3.63, 3.8) is 0 Å². The van der Waals surface area contributed by atoms with E-state index in [9.17, 15) is 0 Å². The molecule has 0 atom stereocenters. The molecule has 3 rings (SSSR count). The van der Waals surface area contributed by atoms with Gasteiger partial charge in [-0.2, -0.15) is 0 Å². The van der Waals surface area contributed by atoms with Crippen LogP contribution in [0.4, 0.5) is 5.69 Å². The van der Waals surface area contributed by atoms with Gasteiger partial charge in [0.05, 0.1) is 11.2 Å². The van der Waals surface area contributed by atoms with Crippen LogP contribution < -0.4 is 5.73 Å². The second kappa shape index (κ2) is 4.76.